The monoisotopic (exact) mass is 346 g/mol. The molecular weight excluding hydrogens is 336 g/mol. The zero-order valence-corrected chi connectivity index (χ0v) is 13.2. The number of hydrogen-bond donors (Lipinski definition) is 0. The summed E-state index contributed by atoms with van der Waals surface area (Å²) in [5.41, 5.74) is 4.40. The third-order valence-electron chi connectivity index (χ3n) is 4.30. The van der Waals surface area contributed by atoms with Crippen molar-refractivity contribution in [3.05, 3.63) is 71.2 Å². The molecule has 0 amide bonds. The average molecular weight is 347 g/mol. The molecule has 1 heterocycles. The molecule has 0 saturated carbocycles. The quantitative estimate of drug-likeness (QED) is 0.311. The van der Waals surface area contributed by atoms with Crippen LogP contribution in [-0.2, 0) is 0 Å². The van der Waals surface area contributed by atoms with Crippen molar-refractivity contribution in [2.24, 2.45) is 0 Å². The van der Waals surface area contributed by atoms with E-state index in [2.05, 4.69) is 70.5 Å². The first-order valence-electron chi connectivity index (χ1n) is 7.23. The molecule has 1 nitrogen and oxygen atoms in total. The Morgan fingerprint density at radius 3 is 2.27 bits per heavy atom. The smallest absolute Gasteiger partial charge is 0.136 e. The Labute approximate surface area is 135 Å². The Morgan fingerprint density at radius 2 is 1.45 bits per heavy atom. The summed E-state index contributed by atoms with van der Waals surface area (Å²) >= 11 is 3.51. The Morgan fingerprint density at radius 1 is 0.727 bits per heavy atom. The van der Waals surface area contributed by atoms with Gasteiger partial charge in [0.1, 0.15) is 11.2 Å². The molecule has 0 aliphatic carbocycles. The fourth-order valence-corrected chi connectivity index (χ4v) is 3.60. The van der Waals surface area contributed by atoms with Gasteiger partial charge in [0.15, 0.2) is 0 Å². The summed E-state index contributed by atoms with van der Waals surface area (Å²) in [6.45, 7) is 0. The minimum atomic E-state index is 0.961. The van der Waals surface area contributed by atoms with E-state index in [1.165, 1.54) is 32.7 Å². The van der Waals surface area contributed by atoms with Crippen LogP contribution in [-0.4, -0.2) is 0 Å². The van der Waals surface area contributed by atoms with Crippen molar-refractivity contribution in [2.45, 2.75) is 0 Å². The van der Waals surface area contributed by atoms with E-state index in [9.17, 15) is 0 Å². The lowest BCUT2D eigenvalue weighted by atomic mass is 9.93. The molecule has 0 radical (unpaired) electrons. The first kappa shape index (κ1) is 12.2. The van der Waals surface area contributed by atoms with Crippen molar-refractivity contribution in [1.29, 1.82) is 0 Å². The molecule has 0 aliphatic heterocycles. The van der Waals surface area contributed by atoms with Crippen molar-refractivity contribution in [3.63, 3.8) is 0 Å². The maximum absolute atomic E-state index is 6.02. The molecule has 1 aromatic heterocycles. The van der Waals surface area contributed by atoms with Crippen LogP contribution in [0.25, 0.3) is 43.8 Å². The second-order valence-corrected chi connectivity index (χ2v) is 6.48. The summed E-state index contributed by atoms with van der Waals surface area (Å²) in [4.78, 5) is 0. The zero-order valence-electron chi connectivity index (χ0n) is 11.6. The van der Waals surface area contributed by atoms with Crippen molar-refractivity contribution in [3.8, 4) is 11.1 Å². The lowest BCUT2D eigenvalue weighted by Gasteiger charge is -2.09. The van der Waals surface area contributed by atoms with Gasteiger partial charge in [-0.3, -0.25) is 0 Å². The van der Waals surface area contributed by atoms with Crippen molar-refractivity contribution < 1.29 is 4.42 Å². The Balaban J connectivity index is 2.00. The van der Waals surface area contributed by atoms with E-state index in [1.54, 1.807) is 0 Å². The average Bonchev–Trinajstić information content (AvgIpc) is 2.93. The van der Waals surface area contributed by atoms with Gasteiger partial charge in [-0.25, -0.2) is 0 Å². The van der Waals surface area contributed by atoms with Gasteiger partial charge in [-0.15, -0.1) is 0 Å². The van der Waals surface area contributed by atoms with Crippen LogP contribution in [0.2, 0.25) is 0 Å². The Kier molecular flexibility index (Phi) is 2.42. The summed E-state index contributed by atoms with van der Waals surface area (Å²) in [5.74, 6) is 0. The highest BCUT2D eigenvalue weighted by molar-refractivity contribution is 9.10. The first-order valence-corrected chi connectivity index (χ1v) is 8.03. The second-order valence-electron chi connectivity index (χ2n) is 5.57. The van der Waals surface area contributed by atoms with Gasteiger partial charge >= 0.3 is 0 Å². The van der Waals surface area contributed by atoms with E-state index in [-0.39, 0.29) is 0 Å². The van der Waals surface area contributed by atoms with Gasteiger partial charge in [0.05, 0.1) is 0 Å². The van der Waals surface area contributed by atoms with Crippen LogP contribution in [0.15, 0.2) is 75.6 Å². The van der Waals surface area contributed by atoms with E-state index in [0.29, 0.717) is 0 Å². The molecular formula is C20H11BrO. The maximum Gasteiger partial charge on any atom is 0.136 e. The fraction of sp³-hybridized carbons (Fsp3) is 0. The lowest BCUT2D eigenvalue weighted by molar-refractivity contribution is 0.669. The second kappa shape index (κ2) is 4.34. The van der Waals surface area contributed by atoms with Gasteiger partial charge in [-0.05, 0) is 52.2 Å². The van der Waals surface area contributed by atoms with Crippen LogP contribution in [0.4, 0.5) is 0 Å². The molecule has 5 rings (SSSR count). The molecule has 4 aromatic carbocycles. The highest BCUT2D eigenvalue weighted by Crippen LogP contribution is 2.41. The van der Waals surface area contributed by atoms with Crippen LogP contribution in [0, 0.1) is 0 Å². The number of furan rings is 1. The Bertz CT molecular complexity index is 1120. The van der Waals surface area contributed by atoms with Crippen LogP contribution >= 0.6 is 15.9 Å². The first-order chi connectivity index (χ1) is 10.8. The van der Waals surface area contributed by atoms with Gasteiger partial charge in [-0.1, -0.05) is 52.3 Å². The van der Waals surface area contributed by atoms with E-state index in [1.807, 2.05) is 12.1 Å². The van der Waals surface area contributed by atoms with Crippen LogP contribution < -0.4 is 0 Å². The van der Waals surface area contributed by atoms with E-state index in [4.69, 9.17) is 4.42 Å². The molecule has 0 bridgehead atoms. The van der Waals surface area contributed by atoms with Crippen molar-refractivity contribution in [1.82, 2.24) is 0 Å². The zero-order chi connectivity index (χ0) is 14.7. The number of rotatable bonds is 1. The molecule has 0 saturated heterocycles. The van der Waals surface area contributed by atoms with Crippen molar-refractivity contribution >= 4 is 48.6 Å². The van der Waals surface area contributed by atoms with Crippen LogP contribution in [0.3, 0.4) is 0 Å². The number of halogens is 1. The van der Waals surface area contributed by atoms with E-state index >= 15 is 0 Å². The van der Waals surface area contributed by atoms with Crippen LogP contribution in [0.5, 0.6) is 0 Å². The molecule has 0 atom stereocenters. The van der Waals surface area contributed by atoms with E-state index in [0.717, 1.165) is 15.6 Å². The molecule has 0 spiro atoms. The van der Waals surface area contributed by atoms with Gasteiger partial charge in [-0.2, -0.15) is 0 Å². The van der Waals surface area contributed by atoms with Gasteiger partial charge in [0, 0.05) is 15.2 Å². The summed E-state index contributed by atoms with van der Waals surface area (Å²) in [7, 11) is 0. The number of hydrogen-bond acceptors (Lipinski definition) is 1. The third kappa shape index (κ3) is 1.59. The minimum Gasteiger partial charge on any atom is -0.456 e. The summed E-state index contributed by atoms with van der Waals surface area (Å²) in [5, 5.41) is 4.94. The largest absolute Gasteiger partial charge is 0.456 e. The van der Waals surface area contributed by atoms with Gasteiger partial charge < -0.3 is 4.42 Å². The fourth-order valence-electron chi connectivity index (χ4n) is 3.34. The normalized spacial score (nSPS) is 11.9. The highest BCUT2D eigenvalue weighted by atomic mass is 79.9. The Hall–Kier alpha value is -2.32. The topological polar surface area (TPSA) is 13.1 Å². The molecule has 5 aromatic rings. The van der Waals surface area contributed by atoms with E-state index < -0.39 is 0 Å². The van der Waals surface area contributed by atoms with Crippen LogP contribution in [0.1, 0.15) is 0 Å². The van der Waals surface area contributed by atoms with Gasteiger partial charge in [0.2, 0.25) is 0 Å². The minimum absolute atomic E-state index is 0.961. The number of benzene rings is 4. The molecule has 0 unspecified atom stereocenters. The summed E-state index contributed by atoms with van der Waals surface area (Å²) in [6.07, 6.45) is 0. The molecule has 0 N–H and O–H groups in total. The molecule has 0 fully saturated rings. The lowest BCUT2D eigenvalue weighted by Crippen LogP contribution is -1.83. The molecule has 2 heteroatoms. The maximum atomic E-state index is 6.02. The summed E-state index contributed by atoms with van der Waals surface area (Å²) < 4.78 is 7.11. The predicted molar refractivity (Wildman–Crippen MR) is 95.5 cm³/mol. The third-order valence-corrected chi connectivity index (χ3v) is 4.83. The summed E-state index contributed by atoms with van der Waals surface area (Å²) in [6, 6.07) is 23.3. The predicted octanol–water partition coefficient (Wildman–Crippen LogP) is 6.61. The molecule has 22 heavy (non-hydrogen) atoms. The van der Waals surface area contributed by atoms with Gasteiger partial charge in [0.25, 0.3) is 0 Å². The standard InChI is InChI=1S/C20H11BrO/c21-14-9-7-12(8-10-14)16-11-13-3-1-5-17-19(13)20-15(16)4-2-6-18(20)22-17/h1-11H. The molecule has 104 valence electrons. The van der Waals surface area contributed by atoms with Crippen molar-refractivity contribution in [2.75, 3.05) is 0 Å². The SMILES string of the molecule is Brc1ccc(-c2cc3cccc4oc5cccc2c5c34)cc1. The highest BCUT2D eigenvalue weighted by Gasteiger charge is 2.15. The molecule has 0 aliphatic rings.